The van der Waals surface area contributed by atoms with Crippen molar-refractivity contribution >= 4 is 31.9 Å². The third kappa shape index (κ3) is 3.49. The Morgan fingerprint density at radius 3 is 2.33 bits per heavy atom. The largest absolute Gasteiger partial charge is 0.313 e. The van der Waals surface area contributed by atoms with Crippen molar-refractivity contribution in [3.05, 3.63) is 67.9 Å². The second-order valence-corrected chi connectivity index (χ2v) is 6.21. The van der Waals surface area contributed by atoms with Gasteiger partial charge in [0.15, 0.2) is 0 Å². The molecule has 1 unspecified atom stereocenters. The SMILES string of the molecule is CNC(Cc1c(F)ccc(Br)c1F)c1c(F)cccc1Br. The van der Waals surface area contributed by atoms with Gasteiger partial charge in [0.25, 0.3) is 0 Å². The average molecular weight is 423 g/mol. The second kappa shape index (κ2) is 6.94. The first-order valence-electron chi connectivity index (χ1n) is 6.19. The van der Waals surface area contributed by atoms with E-state index in [9.17, 15) is 13.2 Å². The van der Waals surface area contributed by atoms with E-state index in [0.29, 0.717) is 10.0 Å². The molecule has 0 amide bonds. The van der Waals surface area contributed by atoms with Crippen LogP contribution in [0.3, 0.4) is 0 Å². The fraction of sp³-hybridized carbons (Fsp3) is 0.200. The zero-order valence-corrected chi connectivity index (χ0v) is 14.2. The summed E-state index contributed by atoms with van der Waals surface area (Å²) in [6.07, 6.45) is -0.00681. The molecule has 1 atom stereocenters. The van der Waals surface area contributed by atoms with Gasteiger partial charge in [-0.15, -0.1) is 0 Å². The average Bonchev–Trinajstić information content (AvgIpc) is 2.45. The Morgan fingerprint density at radius 1 is 1.00 bits per heavy atom. The fourth-order valence-electron chi connectivity index (χ4n) is 2.15. The number of halogens is 5. The summed E-state index contributed by atoms with van der Waals surface area (Å²) >= 11 is 6.31. The lowest BCUT2D eigenvalue weighted by Crippen LogP contribution is -2.22. The molecule has 2 aromatic rings. The third-order valence-corrected chi connectivity index (χ3v) is 4.55. The Kier molecular flexibility index (Phi) is 5.46. The highest BCUT2D eigenvalue weighted by atomic mass is 79.9. The minimum absolute atomic E-state index is 0.00681. The van der Waals surface area contributed by atoms with Crippen molar-refractivity contribution < 1.29 is 13.2 Å². The molecule has 0 heterocycles. The van der Waals surface area contributed by atoms with Crippen LogP contribution in [0.5, 0.6) is 0 Å². The molecule has 0 spiro atoms. The van der Waals surface area contributed by atoms with Crippen molar-refractivity contribution in [3.8, 4) is 0 Å². The molecule has 0 aliphatic rings. The van der Waals surface area contributed by atoms with Crippen LogP contribution in [0.2, 0.25) is 0 Å². The smallest absolute Gasteiger partial charge is 0.143 e. The Morgan fingerprint density at radius 2 is 1.71 bits per heavy atom. The highest BCUT2D eigenvalue weighted by Gasteiger charge is 2.22. The third-order valence-electron chi connectivity index (χ3n) is 3.24. The van der Waals surface area contributed by atoms with Crippen LogP contribution in [0.4, 0.5) is 13.2 Å². The maximum atomic E-state index is 14.1. The van der Waals surface area contributed by atoms with Crippen molar-refractivity contribution in [2.75, 3.05) is 7.05 Å². The van der Waals surface area contributed by atoms with E-state index in [1.165, 1.54) is 18.2 Å². The molecule has 0 aliphatic heterocycles. The monoisotopic (exact) mass is 421 g/mol. The van der Waals surface area contributed by atoms with Crippen LogP contribution >= 0.6 is 31.9 Å². The van der Waals surface area contributed by atoms with Crippen LogP contribution < -0.4 is 5.32 Å². The zero-order valence-electron chi connectivity index (χ0n) is 11.1. The molecule has 21 heavy (non-hydrogen) atoms. The minimum atomic E-state index is -0.664. The van der Waals surface area contributed by atoms with Crippen LogP contribution in [-0.2, 0) is 6.42 Å². The van der Waals surface area contributed by atoms with Crippen molar-refractivity contribution in [2.24, 2.45) is 0 Å². The van der Waals surface area contributed by atoms with Gasteiger partial charge in [-0.3, -0.25) is 0 Å². The van der Waals surface area contributed by atoms with Gasteiger partial charge in [0, 0.05) is 21.6 Å². The molecule has 0 aliphatic carbocycles. The van der Waals surface area contributed by atoms with Gasteiger partial charge in [0.05, 0.1) is 4.47 Å². The zero-order chi connectivity index (χ0) is 15.6. The van der Waals surface area contributed by atoms with Crippen LogP contribution in [0.1, 0.15) is 17.2 Å². The first-order chi connectivity index (χ1) is 9.95. The number of hydrogen-bond donors (Lipinski definition) is 1. The molecule has 0 saturated carbocycles. The van der Waals surface area contributed by atoms with Crippen molar-refractivity contribution in [2.45, 2.75) is 12.5 Å². The summed E-state index contributed by atoms with van der Waals surface area (Å²) in [5, 5.41) is 2.90. The molecule has 2 rings (SSSR count). The normalized spacial score (nSPS) is 12.5. The molecule has 112 valence electrons. The summed E-state index contributed by atoms with van der Waals surface area (Å²) in [5.41, 5.74) is 0.262. The van der Waals surface area contributed by atoms with E-state index in [0.717, 1.165) is 0 Å². The molecule has 0 bridgehead atoms. The predicted octanol–water partition coefficient (Wildman–Crippen LogP) is 5.13. The van der Waals surface area contributed by atoms with Gasteiger partial charge in [-0.25, -0.2) is 13.2 Å². The Hall–Kier alpha value is -0.850. The molecule has 2 aromatic carbocycles. The molecule has 0 radical (unpaired) electrons. The summed E-state index contributed by atoms with van der Waals surface area (Å²) in [6.45, 7) is 0. The fourth-order valence-corrected chi connectivity index (χ4v) is 3.14. The maximum Gasteiger partial charge on any atom is 0.143 e. The molecule has 0 aromatic heterocycles. The molecule has 0 saturated heterocycles. The van der Waals surface area contributed by atoms with Crippen LogP contribution in [0.15, 0.2) is 39.3 Å². The van der Waals surface area contributed by atoms with Crippen LogP contribution in [0, 0.1) is 17.5 Å². The summed E-state index contributed by atoms with van der Waals surface area (Å²) < 4.78 is 42.6. The molecular formula is C15H12Br2F3N. The van der Waals surface area contributed by atoms with E-state index in [4.69, 9.17) is 0 Å². The second-order valence-electron chi connectivity index (χ2n) is 4.50. The van der Waals surface area contributed by atoms with Gasteiger partial charge in [-0.2, -0.15) is 0 Å². The van der Waals surface area contributed by atoms with E-state index in [-0.39, 0.29) is 16.5 Å². The number of likely N-dealkylation sites (N-methyl/N-ethyl adjacent to an activating group) is 1. The minimum Gasteiger partial charge on any atom is -0.313 e. The van der Waals surface area contributed by atoms with Crippen molar-refractivity contribution in [1.82, 2.24) is 5.32 Å². The highest BCUT2D eigenvalue weighted by Crippen LogP contribution is 2.31. The summed E-state index contributed by atoms with van der Waals surface area (Å²) in [7, 11) is 1.62. The Labute approximate surface area is 137 Å². The lowest BCUT2D eigenvalue weighted by Gasteiger charge is -2.20. The van der Waals surface area contributed by atoms with E-state index in [1.807, 2.05) is 0 Å². The number of nitrogens with one attached hydrogen (secondary N) is 1. The molecular weight excluding hydrogens is 411 g/mol. The van der Waals surface area contributed by atoms with Crippen molar-refractivity contribution in [3.63, 3.8) is 0 Å². The topological polar surface area (TPSA) is 12.0 Å². The summed E-state index contributed by atoms with van der Waals surface area (Å²) in [5.74, 6) is -1.74. The number of hydrogen-bond acceptors (Lipinski definition) is 1. The first-order valence-corrected chi connectivity index (χ1v) is 7.77. The van der Waals surface area contributed by atoms with Gasteiger partial charge in [-0.1, -0.05) is 22.0 Å². The van der Waals surface area contributed by atoms with Gasteiger partial charge < -0.3 is 5.32 Å². The Balaban J connectivity index is 2.43. The summed E-state index contributed by atoms with van der Waals surface area (Å²) in [6, 6.07) is 6.51. The molecule has 0 fully saturated rings. The lowest BCUT2D eigenvalue weighted by molar-refractivity contribution is 0.493. The van der Waals surface area contributed by atoms with E-state index >= 15 is 0 Å². The molecule has 1 nitrogen and oxygen atoms in total. The lowest BCUT2D eigenvalue weighted by atomic mass is 9.98. The Bertz CT molecular complexity index is 641. The number of benzene rings is 2. The highest BCUT2D eigenvalue weighted by molar-refractivity contribution is 9.10. The number of rotatable bonds is 4. The van der Waals surface area contributed by atoms with E-state index in [1.54, 1.807) is 19.2 Å². The quantitative estimate of drug-likeness (QED) is 0.673. The van der Waals surface area contributed by atoms with E-state index in [2.05, 4.69) is 37.2 Å². The first kappa shape index (κ1) is 16.5. The van der Waals surface area contributed by atoms with Gasteiger partial charge in [0.1, 0.15) is 17.5 Å². The van der Waals surface area contributed by atoms with Crippen LogP contribution in [0.25, 0.3) is 0 Å². The van der Waals surface area contributed by atoms with E-state index < -0.39 is 23.5 Å². The van der Waals surface area contributed by atoms with Crippen molar-refractivity contribution in [1.29, 1.82) is 0 Å². The van der Waals surface area contributed by atoms with Gasteiger partial charge in [0.2, 0.25) is 0 Å². The van der Waals surface area contributed by atoms with Crippen LogP contribution in [-0.4, -0.2) is 7.05 Å². The molecule has 6 heteroatoms. The molecule has 1 N–H and O–H groups in total. The predicted molar refractivity (Wildman–Crippen MR) is 83.7 cm³/mol. The van der Waals surface area contributed by atoms with Gasteiger partial charge >= 0.3 is 0 Å². The van der Waals surface area contributed by atoms with Gasteiger partial charge in [-0.05, 0) is 53.7 Å². The summed E-state index contributed by atoms with van der Waals surface area (Å²) in [4.78, 5) is 0. The maximum absolute atomic E-state index is 14.1. The standard InChI is InChI=1S/C15H12Br2F3N/c1-21-13(14-9(16)3-2-4-12(14)19)7-8-11(18)6-5-10(17)15(8)20/h2-6,13,21H,7H2,1H3.